The molecule has 6 heteroatoms. The smallest absolute Gasteiger partial charge is 0.335 e. The number of likely N-dealkylation sites (N-methyl/N-ethyl adjacent to an activating group) is 1. The Bertz CT molecular complexity index is 1170. The van der Waals surface area contributed by atoms with Gasteiger partial charge < -0.3 is 19.3 Å². The predicted octanol–water partition coefficient (Wildman–Crippen LogP) is 5.46. The van der Waals surface area contributed by atoms with Gasteiger partial charge in [0.1, 0.15) is 11.9 Å². The SMILES string of the molecule is COc1ccc2c(c1)N(C)CCn1c-2c([C@H]2CCCC[C@@H]2F)c2ccc(C(=O)O)cc21. The van der Waals surface area contributed by atoms with Crippen LogP contribution in [0.4, 0.5) is 10.1 Å². The molecule has 5 rings (SSSR count). The third kappa shape index (κ3) is 3.16. The number of alkyl halides is 1. The van der Waals surface area contributed by atoms with Crippen LogP contribution in [0.2, 0.25) is 0 Å². The maximum Gasteiger partial charge on any atom is 0.335 e. The minimum atomic E-state index is -0.948. The fraction of sp³-hybridized carbons (Fsp3) is 0.400. The summed E-state index contributed by atoms with van der Waals surface area (Å²) in [6.07, 6.45) is 2.45. The van der Waals surface area contributed by atoms with Gasteiger partial charge in [0.25, 0.3) is 0 Å². The molecule has 0 amide bonds. The lowest BCUT2D eigenvalue weighted by molar-refractivity contribution is 0.0697. The summed E-state index contributed by atoms with van der Waals surface area (Å²) in [5.74, 6) is -0.344. The second kappa shape index (κ2) is 7.59. The highest BCUT2D eigenvalue weighted by molar-refractivity contribution is 5.99. The van der Waals surface area contributed by atoms with Gasteiger partial charge in [0.05, 0.1) is 18.4 Å². The van der Waals surface area contributed by atoms with Crippen molar-refractivity contribution in [2.24, 2.45) is 0 Å². The number of hydrogen-bond donors (Lipinski definition) is 1. The average Bonchev–Trinajstić information content (AvgIpc) is 3.02. The molecule has 2 aromatic carbocycles. The molecule has 1 N–H and O–H groups in total. The van der Waals surface area contributed by atoms with Crippen LogP contribution >= 0.6 is 0 Å². The van der Waals surface area contributed by atoms with E-state index in [0.29, 0.717) is 13.0 Å². The maximum atomic E-state index is 15.3. The van der Waals surface area contributed by atoms with E-state index < -0.39 is 12.1 Å². The summed E-state index contributed by atoms with van der Waals surface area (Å²) in [6, 6.07) is 11.3. The topological polar surface area (TPSA) is 54.7 Å². The minimum Gasteiger partial charge on any atom is -0.497 e. The number of ether oxygens (including phenoxy) is 1. The fourth-order valence-corrected chi connectivity index (χ4v) is 5.34. The average molecular weight is 423 g/mol. The minimum absolute atomic E-state index is 0.179. The number of aromatic nitrogens is 1. The molecule has 2 atom stereocenters. The van der Waals surface area contributed by atoms with E-state index in [1.54, 1.807) is 19.2 Å². The molecule has 0 radical (unpaired) electrons. The lowest BCUT2D eigenvalue weighted by Crippen LogP contribution is -2.20. The number of benzene rings is 2. The van der Waals surface area contributed by atoms with Gasteiger partial charge in [-0.05, 0) is 42.7 Å². The van der Waals surface area contributed by atoms with Crippen molar-refractivity contribution in [1.82, 2.24) is 4.57 Å². The van der Waals surface area contributed by atoms with Crippen molar-refractivity contribution < 1.29 is 19.0 Å². The lowest BCUT2D eigenvalue weighted by Gasteiger charge is -2.27. The molecule has 1 aliphatic carbocycles. The summed E-state index contributed by atoms with van der Waals surface area (Å²) in [5.41, 5.74) is 5.27. The number of rotatable bonds is 3. The molecular formula is C25H27FN2O3. The molecule has 0 bridgehead atoms. The Balaban J connectivity index is 1.85. The van der Waals surface area contributed by atoms with Crippen LogP contribution in [-0.2, 0) is 6.54 Å². The van der Waals surface area contributed by atoms with Gasteiger partial charge in [0, 0.05) is 54.3 Å². The van der Waals surface area contributed by atoms with Crippen molar-refractivity contribution in [3.8, 4) is 17.0 Å². The number of nitrogens with zero attached hydrogens (tertiary/aromatic N) is 2. The zero-order valence-corrected chi connectivity index (χ0v) is 17.9. The number of carboxylic acid groups (broad SMARTS) is 1. The third-order valence-electron chi connectivity index (χ3n) is 6.93. The van der Waals surface area contributed by atoms with Gasteiger partial charge in [-0.2, -0.15) is 0 Å². The second-order valence-electron chi connectivity index (χ2n) is 8.66. The monoisotopic (exact) mass is 422 g/mol. The quantitative estimate of drug-likeness (QED) is 0.609. The molecule has 162 valence electrons. The van der Waals surface area contributed by atoms with Gasteiger partial charge in [-0.1, -0.05) is 18.9 Å². The highest BCUT2D eigenvalue weighted by Gasteiger charge is 2.34. The Morgan fingerprint density at radius 1 is 1.13 bits per heavy atom. The van der Waals surface area contributed by atoms with Gasteiger partial charge in [-0.3, -0.25) is 0 Å². The van der Waals surface area contributed by atoms with E-state index in [9.17, 15) is 9.90 Å². The first-order valence-corrected chi connectivity index (χ1v) is 10.9. The Hall–Kier alpha value is -3.02. The Morgan fingerprint density at radius 3 is 2.68 bits per heavy atom. The van der Waals surface area contributed by atoms with Crippen LogP contribution < -0.4 is 9.64 Å². The molecule has 0 spiro atoms. The molecule has 0 unspecified atom stereocenters. The first-order valence-electron chi connectivity index (χ1n) is 10.9. The molecule has 1 aromatic heterocycles. The Morgan fingerprint density at radius 2 is 1.94 bits per heavy atom. The third-order valence-corrected chi connectivity index (χ3v) is 6.93. The van der Waals surface area contributed by atoms with Gasteiger partial charge in [-0.25, -0.2) is 9.18 Å². The van der Waals surface area contributed by atoms with Gasteiger partial charge >= 0.3 is 5.97 Å². The molecule has 1 aliphatic heterocycles. The van der Waals surface area contributed by atoms with Crippen LogP contribution in [0.1, 0.15) is 47.5 Å². The number of aromatic carboxylic acids is 1. The van der Waals surface area contributed by atoms with Crippen molar-refractivity contribution >= 4 is 22.6 Å². The first kappa shape index (κ1) is 19.9. The number of methoxy groups -OCH3 is 1. The van der Waals surface area contributed by atoms with Gasteiger partial charge in [0.15, 0.2) is 0 Å². The summed E-state index contributed by atoms with van der Waals surface area (Å²) in [4.78, 5) is 13.9. The molecule has 0 saturated heterocycles. The van der Waals surface area contributed by atoms with Crippen LogP contribution in [0.3, 0.4) is 0 Å². The van der Waals surface area contributed by atoms with Crippen molar-refractivity contribution in [3.05, 3.63) is 47.5 Å². The maximum absolute atomic E-state index is 15.3. The highest BCUT2D eigenvalue weighted by Crippen LogP contribution is 2.48. The van der Waals surface area contributed by atoms with Crippen LogP contribution in [0.25, 0.3) is 22.2 Å². The molecule has 31 heavy (non-hydrogen) atoms. The molecule has 1 fully saturated rings. The number of anilines is 1. The number of fused-ring (bicyclic) bond motifs is 5. The number of carboxylic acids is 1. The van der Waals surface area contributed by atoms with Crippen LogP contribution in [0.15, 0.2) is 36.4 Å². The van der Waals surface area contributed by atoms with Crippen molar-refractivity contribution in [2.45, 2.75) is 44.3 Å². The van der Waals surface area contributed by atoms with Gasteiger partial charge in [-0.15, -0.1) is 0 Å². The van der Waals surface area contributed by atoms with E-state index >= 15 is 4.39 Å². The second-order valence-corrected chi connectivity index (χ2v) is 8.66. The van der Waals surface area contributed by atoms with Crippen LogP contribution in [0.5, 0.6) is 5.75 Å². The van der Waals surface area contributed by atoms with Gasteiger partial charge in [0.2, 0.25) is 0 Å². The summed E-state index contributed by atoms with van der Waals surface area (Å²) in [7, 11) is 3.71. The summed E-state index contributed by atoms with van der Waals surface area (Å²) < 4.78 is 22.9. The Kier molecular flexibility index (Phi) is 4.88. The molecule has 2 aliphatic rings. The fourth-order valence-electron chi connectivity index (χ4n) is 5.34. The number of halogens is 1. The summed E-state index contributed by atoms with van der Waals surface area (Å²) >= 11 is 0. The van der Waals surface area contributed by atoms with Crippen molar-refractivity contribution in [1.29, 1.82) is 0 Å². The summed E-state index contributed by atoms with van der Waals surface area (Å²) in [5, 5.41) is 10.5. The Labute approximate surface area is 181 Å². The molecule has 5 nitrogen and oxygen atoms in total. The normalized spacial score (nSPS) is 20.8. The molecular weight excluding hydrogens is 395 g/mol. The first-order chi connectivity index (χ1) is 15.0. The van der Waals surface area contributed by atoms with Crippen LogP contribution in [0, 0.1) is 0 Å². The summed E-state index contributed by atoms with van der Waals surface area (Å²) in [6.45, 7) is 1.46. The largest absolute Gasteiger partial charge is 0.497 e. The van der Waals surface area contributed by atoms with Crippen LogP contribution in [-0.4, -0.2) is 42.5 Å². The lowest BCUT2D eigenvalue weighted by atomic mass is 9.80. The van der Waals surface area contributed by atoms with E-state index in [1.165, 1.54) is 0 Å². The zero-order valence-electron chi connectivity index (χ0n) is 17.9. The van der Waals surface area contributed by atoms with E-state index in [1.807, 2.05) is 25.2 Å². The standard InChI is InChI=1S/C25H27FN2O3/c1-27-11-12-28-22-13-15(25(29)30)7-9-18(22)23(17-5-3-4-6-20(17)26)24(28)19-10-8-16(31-2)14-21(19)27/h7-10,13-14,17,20H,3-6,11-12H2,1-2H3,(H,29,30)/t17-,20-/m0/s1. The zero-order chi connectivity index (χ0) is 21.7. The van der Waals surface area contributed by atoms with Crippen molar-refractivity contribution in [2.75, 3.05) is 25.6 Å². The highest BCUT2D eigenvalue weighted by atomic mass is 19.1. The van der Waals surface area contributed by atoms with Crippen molar-refractivity contribution in [3.63, 3.8) is 0 Å². The number of carbonyl (C=O) groups is 1. The predicted molar refractivity (Wildman–Crippen MR) is 120 cm³/mol. The van der Waals surface area contributed by atoms with E-state index in [2.05, 4.69) is 15.5 Å². The molecule has 2 heterocycles. The molecule has 1 saturated carbocycles. The van der Waals surface area contributed by atoms with E-state index in [-0.39, 0.29) is 11.5 Å². The molecule has 3 aromatic rings. The number of hydrogen-bond acceptors (Lipinski definition) is 3. The van der Waals surface area contributed by atoms with E-state index in [0.717, 1.165) is 65.0 Å². The van der Waals surface area contributed by atoms with E-state index in [4.69, 9.17) is 4.74 Å².